The number of hydrogen-bond donors (Lipinski definition) is 1. The minimum atomic E-state index is -0.774. The van der Waals surface area contributed by atoms with E-state index >= 15 is 0 Å². The summed E-state index contributed by atoms with van der Waals surface area (Å²) in [5.74, 6) is -0.679. The van der Waals surface area contributed by atoms with Gasteiger partial charge in [0, 0.05) is 35.3 Å². The van der Waals surface area contributed by atoms with E-state index in [1.54, 1.807) is 29.2 Å². The highest BCUT2D eigenvalue weighted by Gasteiger charge is 2.30. The number of carbonyl (C=O) groups excluding carboxylic acids is 2. The molecule has 3 aromatic rings. The van der Waals surface area contributed by atoms with Crippen LogP contribution < -0.4 is 5.32 Å². The molecule has 0 saturated heterocycles. The van der Waals surface area contributed by atoms with E-state index in [0.717, 1.165) is 11.1 Å². The van der Waals surface area contributed by atoms with Crippen molar-refractivity contribution in [2.75, 3.05) is 5.75 Å². The quantitative estimate of drug-likeness (QED) is 0.261. The van der Waals surface area contributed by atoms with E-state index < -0.39 is 11.9 Å². The van der Waals surface area contributed by atoms with Gasteiger partial charge in [-0.3, -0.25) is 9.59 Å². The Bertz CT molecular complexity index is 1210. The molecule has 0 aliphatic heterocycles. The fraction of sp³-hybridized carbons (Fsp3) is 0.286. The van der Waals surface area contributed by atoms with Gasteiger partial charge in [-0.1, -0.05) is 77.3 Å². The first-order chi connectivity index (χ1) is 17.7. The zero-order chi connectivity index (χ0) is 26.9. The van der Waals surface area contributed by atoms with Crippen molar-refractivity contribution in [3.05, 3.63) is 104 Å². The van der Waals surface area contributed by atoms with Crippen LogP contribution in [0.5, 0.6) is 0 Å². The Hall–Kier alpha value is -2.25. The molecule has 2 amide bonds. The first-order valence-electron chi connectivity index (χ1n) is 11.7. The average Bonchev–Trinajstić information content (AvgIpc) is 2.85. The third-order valence-electron chi connectivity index (χ3n) is 5.57. The molecular weight excluding hydrogens is 554 g/mol. The van der Waals surface area contributed by atoms with Gasteiger partial charge in [-0.25, -0.2) is 4.39 Å². The van der Waals surface area contributed by atoms with E-state index in [1.807, 2.05) is 44.2 Å². The molecule has 37 heavy (non-hydrogen) atoms. The maximum absolute atomic E-state index is 14.2. The second-order valence-corrected chi connectivity index (χ2v) is 11.0. The van der Waals surface area contributed by atoms with Crippen LogP contribution >= 0.6 is 46.6 Å². The van der Waals surface area contributed by atoms with E-state index in [4.69, 9.17) is 34.8 Å². The number of rotatable bonds is 11. The van der Waals surface area contributed by atoms with Gasteiger partial charge in [0.15, 0.2) is 0 Å². The summed E-state index contributed by atoms with van der Waals surface area (Å²) in [4.78, 5) is 28.6. The first kappa shape index (κ1) is 29.3. The summed E-state index contributed by atoms with van der Waals surface area (Å²) in [6.07, 6.45) is 0.330. The van der Waals surface area contributed by atoms with Gasteiger partial charge >= 0.3 is 0 Å². The number of benzene rings is 3. The SMILES string of the molecule is CC(C)NC(=O)C(Cc1ccccc1)N(Cc1ccc(Cl)c(Cl)c1)C(=O)CSCc1c(F)cccc1Cl. The van der Waals surface area contributed by atoms with E-state index in [-0.39, 0.29) is 35.9 Å². The maximum Gasteiger partial charge on any atom is 0.243 e. The number of nitrogens with zero attached hydrogens (tertiary/aromatic N) is 1. The monoisotopic (exact) mass is 580 g/mol. The largest absolute Gasteiger partial charge is 0.352 e. The van der Waals surface area contributed by atoms with Crippen LogP contribution in [0.15, 0.2) is 66.7 Å². The standard InChI is InChI=1S/C28H28Cl3FN2O2S/c1-18(2)33-28(36)26(14-19-7-4-3-5-8-19)34(15-20-11-12-23(30)24(31)13-20)27(35)17-37-16-21-22(29)9-6-10-25(21)32/h3-13,18,26H,14-17H2,1-2H3,(H,33,36). The third-order valence-corrected chi connectivity index (χ3v) is 7.61. The number of halogens is 4. The van der Waals surface area contributed by atoms with Crippen molar-refractivity contribution < 1.29 is 14.0 Å². The minimum absolute atomic E-state index is 0.0340. The van der Waals surface area contributed by atoms with Gasteiger partial charge in [-0.2, -0.15) is 0 Å². The number of amides is 2. The summed E-state index contributed by atoms with van der Waals surface area (Å²) in [7, 11) is 0. The Balaban J connectivity index is 1.89. The molecule has 3 rings (SSSR count). The van der Waals surface area contributed by atoms with Crippen LogP contribution in [-0.4, -0.2) is 34.6 Å². The molecule has 0 radical (unpaired) electrons. The van der Waals surface area contributed by atoms with Gasteiger partial charge in [0.2, 0.25) is 11.8 Å². The zero-order valence-corrected chi connectivity index (χ0v) is 23.6. The van der Waals surface area contributed by atoms with Crippen LogP contribution in [0.3, 0.4) is 0 Å². The highest BCUT2D eigenvalue weighted by molar-refractivity contribution is 7.99. The van der Waals surface area contributed by atoms with Gasteiger partial charge in [0.05, 0.1) is 15.8 Å². The lowest BCUT2D eigenvalue weighted by Crippen LogP contribution is -2.52. The van der Waals surface area contributed by atoms with Crippen LogP contribution in [0.1, 0.15) is 30.5 Å². The number of hydrogen-bond acceptors (Lipinski definition) is 3. The maximum atomic E-state index is 14.2. The van der Waals surface area contributed by atoms with Crippen molar-refractivity contribution in [2.24, 2.45) is 0 Å². The summed E-state index contributed by atoms with van der Waals surface area (Å²) in [6.45, 7) is 3.90. The lowest BCUT2D eigenvalue weighted by Gasteiger charge is -2.32. The van der Waals surface area contributed by atoms with Crippen molar-refractivity contribution in [3.63, 3.8) is 0 Å². The van der Waals surface area contributed by atoms with Crippen LogP contribution in [0.25, 0.3) is 0 Å². The fourth-order valence-corrected chi connectivity index (χ4v) is 5.33. The topological polar surface area (TPSA) is 49.4 Å². The third kappa shape index (κ3) is 8.64. The van der Waals surface area contributed by atoms with Crippen LogP contribution in [0.2, 0.25) is 15.1 Å². The Morgan fingerprint density at radius 2 is 1.65 bits per heavy atom. The number of thioether (sulfide) groups is 1. The molecule has 3 aromatic carbocycles. The summed E-state index contributed by atoms with van der Waals surface area (Å²) >= 11 is 19.7. The highest BCUT2D eigenvalue weighted by atomic mass is 35.5. The highest BCUT2D eigenvalue weighted by Crippen LogP contribution is 2.26. The smallest absolute Gasteiger partial charge is 0.243 e. The Labute approximate surface area is 236 Å². The molecule has 9 heteroatoms. The molecule has 1 N–H and O–H groups in total. The molecular formula is C28H28Cl3FN2O2S. The second kappa shape index (κ2) is 14.1. The summed E-state index contributed by atoms with van der Waals surface area (Å²) in [5, 5.41) is 4.02. The predicted octanol–water partition coefficient (Wildman–Crippen LogP) is 7.18. The van der Waals surface area contributed by atoms with Gasteiger partial charge in [-0.05, 0) is 49.2 Å². The lowest BCUT2D eigenvalue weighted by atomic mass is 10.0. The van der Waals surface area contributed by atoms with Crippen LogP contribution in [0, 0.1) is 5.82 Å². The first-order valence-corrected chi connectivity index (χ1v) is 14.0. The molecule has 0 saturated carbocycles. The number of carbonyl (C=O) groups is 2. The molecule has 0 spiro atoms. The summed E-state index contributed by atoms with van der Waals surface area (Å²) in [5.41, 5.74) is 2.00. The van der Waals surface area contributed by atoms with Crippen molar-refractivity contribution in [1.82, 2.24) is 10.2 Å². The lowest BCUT2D eigenvalue weighted by molar-refractivity contribution is -0.139. The molecule has 0 heterocycles. The molecule has 0 aromatic heterocycles. The fourth-order valence-electron chi connectivity index (χ4n) is 3.76. The predicted molar refractivity (Wildman–Crippen MR) is 152 cm³/mol. The van der Waals surface area contributed by atoms with Crippen molar-refractivity contribution in [2.45, 2.75) is 44.6 Å². The minimum Gasteiger partial charge on any atom is -0.352 e. The van der Waals surface area contributed by atoms with Gasteiger partial charge in [0.25, 0.3) is 0 Å². The van der Waals surface area contributed by atoms with Gasteiger partial charge in [-0.15, -0.1) is 11.8 Å². The summed E-state index contributed by atoms with van der Waals surface area (Å²) < 4.78 is 14.2. The number of nitrogens with one attached hydrogen (secondary N) is 1. The van der Waals surface area contributed by atoms with E-state index in [0.29, 0.717) is 27.1 Å². The molecule has 0 fully saturated rings. The molecule has 1 atom stereocenters. The molecule has 0 aliphatic rings. The van der Waals surface area contributed by atoms with Crippen molar-refractivity contribution in [3.8, 4) is 0 Å². The van der Waals surface area contributed by atoms with Crippen LogP contribution in [-0.2, 0) is 28.3 Å². The van der Waals surface area contributed by atoms with E-state index in [9.17, 15) is 14.0 Å². The molecule has 196 valence electrons. The molecule has 4 nitrogen and oxygen atoms in total. The molecule has 1 unspecified atom stereocenters. The zero-order valence-electron chi connectivity index (χ0n) is 20.5. The Morgan fingerprint density at radius 1 is 0.919 bits per heavy atom. The Kier molecular flexibility index (Phi) is 11.1. The van der Waals surface area contributed by atoms with E-state index in [2.05, 4.69) is 5.32 Å². The van der Waals surface area contributed by atoms with Crippen molar-refractivity contribution in [1.29, 1.82) is 0 Å². The molecule has 0 aliphatic carbocycles. The molecule has 0 bridgehead atoms. The Morgan fingerprint density at radius 3 is 2.30 bits per heavy atom. The summed E-state index contributed by atoms with van der Waals surface area (Å²) in [6, 6.07) is 18.3. The second-order valence-electron chi connectivity index (χ2n) is 8.83. The van der Waals surface area contributed by atoms with Gasteiger partial charge < -0.3 is 10.2 Å². The van der Waals surface area contributed by atoms with Crippen molar-refractivity contribution >= 4 is 58.4 Å². The van der Waals surface area contributed by atoms with Gasteiger partial charge in [0.1, 0.15) is 11.9 Å². The van der Waals surface area contributed by atoms with E-state index in [1.165, 1.54) is 23.9 Å². The average molecular weight is 582 g/mol. The van der Waals surface area contributed by atoms with Crippen LogP contribution in [0.4, 0.5) is 4.39 Å². The normalized spacial score (nSPS) is 11.9.